The van der Waals surface area contributed by atoms with E-state index in [4.69, 9.17) is 22.8 Å². The first-order valence-corrected chi connectivity index (χ1v) is 17.7. The third kappa shape index (κ3) is 11.2. The summed E-state index contributed by atoms with van der Waals surface area (Å²) in [6, 6.07) is 6.54. The third-order valence-corrected chi connectivity index (χ3v) is 4.23. The van der Waals surface area contributed by atoms with Crippen LogP contribution in [0.15, 0.2) is 28.2 Å². The maximum absolute atomic E-state index is 6.94. The Balaban J connectivity index is 0.000000406. The van der Waals surface area contributed by atoms with E-state index in [9.17, 15) is 0 Å². The van der Waals surface area contributed by atoms with Gasteiger partial charge in [0, 0.05) is 15.3 Å². The fourth-order valence-corrected chi connectivity index (χ4v) is 3.59. The standard InChI is InChI=1S/C11H8BrS.C4H10N.C2H6Si.2ClH.Zr/c12-9-1-2-10-7(4-9)3-8-5-13-6-11(8)10;1-4(2,3)5;1-3-2;;;/h1-2,4,11H,5-6H2;5H,1-3H3;1-2H3;2*1H;/q2*-1;;;;+4/p-2. The third-order valence-electron chi connectivity index (χ3n) is 2.65. The molecule has 1 fully saturated rings. The Labute approximate surface area is 181 Å². The zero-order chi connectivity index (χ0) is 18.8. The molecule has 1 atom stereocenters. The van der Waals surface area contributed by atoms with Crippen molar-refractivity contribution in [3.8, 4) is 0 Å². The van der Waals surface area contributed by atoms with E-state index >= 15 is 0 Å². The van der Waals surface area contributed by atoms with E-state index < -0.39 is 20.8 Å². The topological polar surface area (TPSA) is 23.8 Å². The van der Waals surface area contributed by atoms with Crippen molar-refractivity contribution in [1.82, 2.24) is 0 Å². The van der Waals surface area contributed by atoms with Crippen LogP contribution in [0.25, 0.3) is 5.73 Å². The molecule has 1 aromatic rings. The van der Waals surface area contributed by atoms with Gasteiger partial charge in [0.05, 0.1) is 0 Å². The average Bonchev–Trinajstić information content (AvgIpc) is 2.98. The number of hydrogen-bond donors (Lipinski definition) is 0. The van der Waals surface area contributed by atoms with Crippen molar-refractivity contribution < 1.29 is 20.8 Å². The van der Waals surface area contributed by atoms with Crippen LogP contribution in [0.3, 0.4) is 0 Å². The monoisotopic (exact) mass is 541 g/mol. The molecule has 1 unspecified atom stereocenters. The molecule has 0 saturated carbocycles. The molecule has 3 rings (SSSR count). The fourth-order valence-electron chi connectivity index (χ4n) is 2.00. The quantitative estimate of drug-likeness (QED) is 0.247. The van der Waals surface area contributed by atoms with Gasteiger partial charge < -0.3 is 5.73 Å². The number of nitrogens with one attached hydrogen (secondary N) is 1. The van der Waals surface area contributed by atoms with Gasteiger partial charge in [0.2, 0.25) is 0 Å². The predicted molar refractivity (Wildman–Crippen MR) is 113 cm³/mol. The molecule has 132 valence electrons. The van der Waals surface area contributed by atoms with Gasteiger partial charge in [-0.05, 0) is 16.1 Å². The van der Waals surface area contributed by atoms with E-state index in [1.165, 1.54) is 28.2 Å². The van der Waals surface area contributed by atoms with E-state index in [-0.39, 0.29) is 5.54 Å². The molecule has 1 aliphatic carbocycles. The zero-order valence-electron chi connectivity index (χ0n) is 14.8. The molecule has 24 heavy (non-hydrogen) atoms. The van der Waals surface area contributed by atoms with Gasteiger partial charge in [-0.25, -0.2) is 0 Å². The molecule has 1 N–H and O–H groups in total. The minimum absolute atomic E-state index is 0.250. The molecule has 1 aromatic carbocycles. The SMILES string of the molecule is Brc1ccc2c(c1)[C-]=C1CSCC12.CC(C)(C)[NH-].C[Si]C.[Cl][Zr+2][Cl]. The van der Waals surface area contributed by atoms with Crippen LogP contribution in [0, 0.1) is 6.08 Å². The maximum atomic E-state index is 6.94. The Bertz CT molecular complexity index is 516. The van der Waals surface area contributed by atoms with Gasteiger partial charge >= 0.3 is 37.9 Å². The van der Waals surface area contributed by atoms with Gasteiger partial charge in [0.25, 0.3) is 0 Å². The van der Waals surface area contributed by atoms with E-state index in [2.05, 4.69) is 53.3 Å². The molecule has 7 heteroatoms. The summed E-state index contributed by atoms with van der Waals surface area (Å²) in [5, 5.41) is 0. The number of halogens is 3. The average molecular weight is 545 g/mol. The van der Waals surface area contributed by atoms with E-state index in [0.29, 0.717) is 5.92 Å². The number of fused-ring (bicyclic) bond motifs is 3. The van der Waals surface area contributed by atoms with Gasteiger partial charge in [-0.15, -0.1) is 28.8 Å². The van der Waals surface area contributed by atoms with Gasteiger partial charge in [-0.3, -0.25) is 0 Å². The first kappa shape index (κ1) is 25.4. The van der Waals surface area contributed by atoms with Crippen molar-refractivity contribution in [2.75, 3.05) is 11.5 Å². The zero-order valence-corrected chi connectivity index (χ0v) is 22.1. The van der Waals surface area contributed by atoms with Crippen molar-refractivity contribution in [1.29, 1.82) is 0 Å². The summed E-state index contributed by atoms with van der Waals surface area (Å²) in [5.74, 6) is 3.10. The van der Waals surface area contributed by atoms with E-state index in [1.54, 1.807) is 0 Å². The predicted octanol–water partition coefficient (Wildman–Crippen LogP) is 7.37. The normalized spacial score (nSPS) is 16.7. The number of hydrogen-bond acceptors (Lipinski definition) is 1. The van der Waals surface area contributed by atoms with Crippen molar-refractivity contribution in [2.24, 2.45) is 0 Å². The van der Waals surface area contributed by atoms with Crippen LogP contribution in [0.1, 0.15) is 37.8 Å². The molecule has 2 radical (unpaired) electrons. The molecule has 2 aliphatic rings. The molecule has 1 nitrogen and oxygen atoms in total. The summed E-state index contributed by atoms with van der Waals surface area (Å²) in [5.41, 5.74) is 11.0. The molecule has 1 heterocycles. The van der Waals surface area contributed by atoms with Crippen LogP contribution in [-0.2, 0) is 20.8 Å². The summed E-state index contributed by atoms with van der Waals surface area (Å²) in [6.07, 6.45) is 3.50. The Morgan fingerprint density at radius 3 is 2.33 bits per heavy atom. The second kappa shape index (κ2) is 13.6. The summed E-state index contributed by atoms with van der Waals surface area (Å²) in [6.45, 7) is 9.87. The Morgan fingerprint density at radius 1 is 1.33 bits per heavy atom. The molecule has 1 aliphatic heterocycles. The van der Waals surface area contributed by atoms with Crippen LogP contribution in [0.5, 0.6) is 0 Å². The Kier molecular flexibility index (Phi) is 14.4. The van der Waals surface area contributed by atoms with Crippen LogP contribution in [0.2, 0.25) is 13.1 Å². The van der Waals surface area contributed by atoms with Gasteiger partial charge in [-0.1, -0.05) is 55.9 Å². The number of rotatable bonds is 0. The summed E-state index contributed by atoms with van der Waals surface area (Å²) < 4.78 is 1.16. The summed E-state index contributed by atoms with van der Waals surface area (Å²) in [4.78, 5) is 0. The summed E-state index contributed by atoms with van der Waals surface area (Å²) >= 11 is 4.69. The van der Waals surface area contributed by atoms with Crippen LogP contribution >= 0.6 is 44.7 Å². The van der Waals surface area contributed by atoms with E-state index in [1.807, 2.05) is 32.5 Å². The second-order valence-electron chi connectivity index (χ2n) is 6.27. The molecule has 0 bridgehead atoms. The van der Waals surface area contributed by atoms with Crippen LogP contribution in [-0.4, -0.2) is 26.6 Å². The molecular weight excluding hydrogens is 520 g/mol. The van der Waals surface area contributed by atoms with Crippen LogP contribution < -0.4 is 0 Å². The van der Waals surface area contributed by atoms with Gasteiger partial charge in [-0.2, -0.15) is 23.4 Å². The van der Waals surface area contributed by atoms with Gasteiger partial charge in [0.1, 0.15) is 0 Å². The second-order valence-corrected chi connectivity index (χ2v) is 12.9. The number of thioether (sulfide) groups is 1. The molecule has 0 spiro atoms. The van der Waals surface area contributed by atoms with Crippen molar-refractivity contribution in [3.63, 3.8) is 0 Å². The fraction of sp³-hybridized carbons (Fsp3) is 0.529. The van der Waals surface area contributed by atoms with Crippen molar-refractivity contribution in [2.45, 2.75) is 45.3 Å². The first-order valence-electron chi connectivity index (χ1n) is 7.47. The van der Waals surface area contributed by atoms with Gasteiger partial charge in [0.15, 0.2) is 0 Å². The number of benzene rings is 1. The summed E-state index contributed by atoms with van der Waals surface area (Å²) in [7, 11) is 11.0. The van der Waals surface area contributed by atoms with Crippen molar-refractivity contribution >= 4 is 54.2 Å². The molecular formula is C17H24BrCl2NSSiZr. The van der Waals surface area contributed by atoms with Crippen LogP contribution in [0.4, 0.5) is 0 Å². The minimum atomic E-state index is -0.826. The molecule has 1 saturated heterocycles. The molecule has 0 aromatic heterocycles. The molecule has 0 amide bonds. The Morgan fingerprint density at radius 2 is 1.83 bits per heavy atom. The van der Waals surface area contributed by atoms with E-state index in [0.717, 1.165) is 14.0 Å². The first-order chi connectivity index (χ1) is 11.2. The Hall–Kier alpha value is 1.43. The van der Waals surface area contributed by atoms with Crippen molar-refractivity contribution in [3.05, 3.63) is 51.2 Å².